The summed E-state index contributed by atoms with van der Waals surface area (Å²) in [6.07, 6.45) is 3.58. The van der Waals surface area contributed by atoms with Crippen molar-refractivity contribution in [3.8, 4) is 5.75 Å². The standard InChI is InChI=1S/C20H23ClN4O2S/c1-4-25(13-16-8-9-17(21)28-16)20(26)23-18(19-22-10-11-24(19)2)14-6-5-7-15(12-14)27-3/h5-12,18H,4,13H2,1-3H3,(H,23,26). The third-order valence-electron chi connectivity index (χ3n) is 4.46. The van der Waals surface area contributed by atoms with Gasteiger partial charge in [-0.15, -0.1) is 11.3 Å². The number of rotatable bonds is 7. The molecule has 0 aliphatic rings. The first-order chi connectivity index (χ1) is 13.5. The highest BCUT2D eigenvalue weighted by Gasteiger charge is 2.24. The zero-order valence-corrected chi connectivity index (χ0v) is 17.6. The summed E-state index contributed by atoms with van der Waals surface area (Å²) in [7, 11) is 3.53. The molecule has 0 aliphatic heterocycles. The van der Waals surface area contributed by atoms with E-state index in [-0.39, 0.29) is 6.03 Å². The Balaban J connectivity index is 1.85. The molecule has 3 aromatic rings. The van der Waals surface area contributed by atoms with Gasteiger partial charge in [-0.2, -0.15) is 0 Å². The second-order valence-corrected chi connectivity index (χ2v) is 8.08. The molecule has 2 heterocycles. The average Bonchev–Trinajstić information content (AvgIpc) is 3.31. The van der Waals surface area contributed by atoms with Crippen LogP contribution in [0.2, 0.25) is 4.34 Å². The number of nitrogens with zero attached hydrogens (tertiary/aromatic N) is 3. The third kappa shape index (κ3) is 4.66. The lowest BCUT2D eigenvalue weighted by Gasteiger charge is -2.25. The Morgan fingerprint density at radius 3 is 2.82 bits per heavy atom. The Morgan fingerprint density at radius 2 is 2.21 bits per heavy atom. The van der Waals surface area contributed by atoms with Crippen molar-refractivity contribution in [1.82, 2.24) is 19.8 Å². The molecule has 0 saturated carbocycles. The Labute approximate surface area is 173 Å². The maximum atomic E-state index is 13.0. The first-order valence-electron chi connectivity index (χ1n) is 8.92. The quantitative estimate of drug-likeness (QED) is 0.616. The van der Waals surface area contributed by atoms with Gasteiger partial charge in [0.25, 0.3) is 0 Å². The number of carbonyl (C=O) groups is 1. The first kappa shape index (κ1) is 20.2. The van der Waals surface area contributed by atoms with Crippen LogP contribution >= 0.6 is 22.9 Å². The number of hydrogen-bond acceptors (Lipinski definition) is 4. The Morgan fingerprint density at radius 1 is 1.39 bits per heavy atom. The predicted octanol–water partition coefficient (Wildman–Crippen LogP) is 4.46. The Kier molecular flexibility index (Phi) is 6.59. The molecule has 0 bridgehead atoms. The van der Waals surface area contributed by atoms with Crippen LogP contribution in [0.5, 0.6) is 5.75 Å². The summed E-state index contributed by atoms with van der Waals surface area (Å²) < 4.78 is 7.97. The van der Waals surface area contributed by atoms with E-state index in [0.717, 1.165) is 22.0 Å². The molecule has 0 aliphatic carbocycles. The van der Waals surface area contributed by atoms with Crippen LogP contribution < -0.4 is 10.1 Å². The number of methoxy groups -OCH3 is 1. The lowest BCUT2D eigenvalue weighted by Crippen LogP contribution is -2.42. The van der Waals surface area contributed by atoms with Crippen LogP contribution in [0.15, 0.2) is 48.8 Å². The van der Waals surface area contributed by atoms with E-state index in [4.69, 9.17) is 16.3 Å². The second kappa shape index (κ2) is 9.12. The lowest BCUT2D eigenvalue weighted by atomic mass is 10.1. The minimum atomic E-state index is -0.399. The van der Waals surface area contributed by atoms with E-state index in [2.05, 4.69) is 10.3 Å². The van der Waals surface area contributed by atoms with E-state index >= 15 is 0 Å². The van der Waals surface area contributed by atoms with Crippen molar-refractivity contribution in [1.29, 1.82) is 0 Å². The Hall–Kier alpha value is -2.51. The van der Waals surface area contributed by atoms with Gasteiger partial charge in [-0.3, -0.25) is 0 Å². The highest BCUT2D eigenvalue weighted by Crippen LogP contribution is 2.26. The molecule has 0 spiro atoms. The number of carbonyl (C=O) groups excluding carboxylic acids is 1. The van der Waals surface area contributed by atoms with Gasteiger partial charge in [-0.05, 0) is 36.8 Å². The monoisotopic (exact) mass is 418 g/mol. The number of ether oxygens (including phenoxy) is 1. The summed E-state index contributed by atoms with van der Waals surface area (Å²) >= 11 is 7.50. The van der Waals surface area contributed by atoms with E-state index in [1.165, 1.54) is 11.3 Å². The van der Waals surface area contributed by atoms with Crippen LogP contribution in [0.4, 0.5) is 4.79 Å². The van der Waals surface area contributed by atoms with Gasteiger partial charge < -0.3 is 19.5 Å². The van der Waals surface area contributed by atoms with Crippen LogP contribution in [-0.2, 0) is 13.6 Å². The maximum absolute atomic E-state index is 13.0. The number of nitrogens with one attached hydrogen (secondary N) is 1. The molecule has 1 aromatic carbocycles. The number of amides is 2. The number of aromatic nitrogens is 2. The molecule has 6 nitrogen and oxygen atoms in total. The number of aryl methyl sites for hydroxylation is 1. The zero-order chi connectivity index (χ0) is 20.1. The normalized spacial score (nSPS) is 11.9. The van der Waals surface area contributed by atoms with Crippen molar-refractivity contribution in [2.24, 2.45) is 7.05 Å². The van der Waals surface area contributed by atoms with Crippen LogP contribution in [0.25, 0.3) is 0 Å². The van der Waals surface area contributed by atoms with Gasteiger partial charge >= 0.3 is 6.03 Å². The molecule has 148 valence electrons. The highest BCUT2D eigenvalue weighted by molar-refractivity contribution is 7.16. The van der Waals surface area contributed by atoms with Gasteiger partial charge in [-0.1, -0.05) is 23.7 Å². The smallest absolute Gasteiger partial charge is 0.318 e. The number of thiophene rings is 1. The van der Waals surface area contributed by atoms with Crippen molar-refractivity contribution in [3.63, 3.8) is 0 Å². The second-order valence-electron chi connectivity index (χ2n) is 6.28. The summed E-state index contributed by atoms with van der Waals surface area (Å²) in [6, 6.07) is 10.9. The fourth-order valence-electron chi connectivity index (χ4n) is 2.94. The maximum Gasteiger partial charge on any atom is 0.318 e. The summed E-state index contributed by atoms with van der Waals surface area (Å²) in [6.45, 7) is 3.04. The van der Waals surface area contributed by atoms with Crippen molar-refractivity contribution >= 4 is 29.0 Å². The number of hydrogen-bond donors (Lipinski definition) is 1. The van der Waals surface area contributed by atoms with E-state index in [0.29, 0.717) is 17.4 Å². The van der Waals surface area contributed by atoms with Gasteiger partial charge in [0, 0.05) is 30.9 Å². The fraction of sp³-hybridized carbons (Fsp3) is 0.300. The first-order valence-corrected chi connectivity index (χ1v) is 10.1. The topological polar surface area (TPSA) is 59.4 Å². The average molecular weight is 419 g/mol. The lowest BCUT2D eigenvalue weighted by molar-refractivity contribution is 0.195. The largest absolute Gasteiger partial charge is 0.497 e. The van der Waals surface area contributed by atoms with Crippen LogP contribution in [0.3, 0.4) is 0 Å². The van der Waals surface area contributed by atoms with Crippen LogP contribution in [0.1, 0.15) is 29.2 Å². The molecule has 0 radical (unpaired) electrons. The van der Waals surface area contributed by atoms with Gasteiger partial charge in [0.15, 0.2) is 0 Å². The highest BCUT2D eigenvalue weighted by atomic mass is 35.5. The Bertz CT molecular complexity index is 940. The SMILES string of the molecule is CCN(Cc1ccc(Cl)s1)C(=O)NC(c1cccc(OC)c1)c1nccn1C. The van der Waals surface area contributed by atoms with Crippen molar-refractivity contribution < 1.29 is 9.53 Å². The summed E-state index contributed by atoms with van der Waals surface area (Å²) in [4.78, 5) is 20.3. The molecule has 1 unspecified atom stereocenters. The molecule has 2 amide bonds. The van der Waals surface area contributed by atoms with E-state index in [9.17, 15) is 4.79 Å². The number of imidazole rings is 1. The molecule has 2 aromatic heterocycles. The summed E-state index contributed by atoms with van der Waals surface area (Å²) in [5.41, 5.74) is 0.900. The number of urea groups is 1. The van der Waals surface area contributed by atoms with E-state index in [1.807, 2.05) is 61.1 Å². The third-order valence-corrected chi connectivity index (χ3v) is 5.67. The molecule has 1 N–H and O–H groups in total. The minimum absolute atomic E-state index is 0.164. The van der Waals surface area contributed by atoms with Crippen molar-refractivity contribution in [2.45, 2.75) is 19.5 Å². The molecule has 28 heavy (non-hydrogen) atoms. The summed E-state index contributed by atoms with van der Waals surface area (Å²) in [5.74, 6) is 1.48. The van der Waals surface area contributed by atoms with Gasteiger partial charge in [-0.25, -0.2) is 9.78 Å². The molecule has 1 atom stereocenters. The van der Waals surface area contributed by atoms with Crippen molar-refractivity contribution in [3.05, 3.63) is 69.4 Å². The molecule has 8 heteroatoms. The molecular formula is C20H23ClN4O2S. The minimum Gasteiger partial charge on any atom is -0.497 e. The molecule has 3 rings (SSSR count). The molecule has 0 saturated heterocycles. The van der Waals surface area contributed by atoms with Gasteiger partial charge in [0.1, 0.15) is 17.6 Å². The zero-order valence-electron chi connectivity index (χ0n) is 16.1. The number of halogens is 1. The van der Waals surface area contributed by atoms with Crippen molar-refractivity contribution in [2.75, 3.05) is 13.7 Å². The predicted molar refractivity (Wildman–Crippen MR) is 112 cm³/mol. The van der Waals surface area contributed by atoms with Gasteiger partial charge in [0.2, 0.25) is 0 Å². The van der Waals surface area contributed by atoms with E-state index in [1.54, 1.807) is 18.2 Å². The van der Waals surface area contributed by atoms with E-state index < -0.39 is 6.04 Å². The van der Waals surface area contributed by atoms with Gasteiger partial charge in [0.05, 0.1) is 18.0 Å². The summed E-state index contributed by atoms with van der Waals surface area (Å²) in [5, 5.41) is 3.13. The van der Waals surface area contributed by atoms with Crippen LogP contribution in [0, 0.1) is 0 Å². The number of benzene rings is 1. The fourth-order valence-corrected chi connectivity index (χ4v) is 4.04. The molecular weight excluding hydrogens is 396 g/mol. The van der Waals surface area contributed by atoms with Crippen LogP contribution in [-0.4, -0.2) is 34.1 Å². The molecule has 0 fully saturated rings.